The van der Waals surface area contributed by atoms with Crippen molar-refractivity contribution in [3.8, 4) is 11.1 Å². The Hall–Kier alpha value is -6.37. The van der Waals surface area contributed by atoms with Crippen molar-refractivity contribution >= 4 is 56.1 Å². The van der Waals surface area contributed by atoms with E-state index in [1.807, 2.05) is 11.3 Å². The van der Waals surface area contributed by atoms with E-state index < -0.39 is 0 Å². The van der Waals surface area contributed by atoms with Gasteiger partial charge in [-0.1, -0.05) is 128 Å². The van der Waals surface area contributed by atoms with E-state index >= 15 is 0 Å². The molecule has 0 amide bonds. The van der Waals surface area contributed by atoms with Gasteiger partial charge in [-0.15, -0.1) is 11.3 Å². The monoisotopic (exact) mass is 837 g/mol. The molecule has 0 radical (unpaired) electrons. The number of allylic oxidation sites excluding steroid dienone is 16. The first-order valence-electron chi connectivity index (χ1n) is 23.1. The molecule has 63 heavy (non-hydrogen) atoms. The minimum absolute atomic E-state index is 0.0680. The fourth-order valence-corrected chi connectivity index (χ4v) is 12.1. The molecule has 2 aliphatic heterocycles. The second kappa shape index (κ2) is 16.1. The van der Waals surface area contributed by atoms with E-state index in [9.17, 15) is 0 Å². The molecule has 4 unspecified atom stereocenters. The van der Waals surface area contributed by atoms with E-state index in [0.717, 1.165) is 92.0 Å². The molecule has 6 heteroatoms. The number of hydrogen-bond donors (Lipinski definition) is 0. The average molecular weight is 838 g/mol. The van der Waals surface area contributed by atoms with Gasteiger partial charge in [0.2, 0.25) is 0 Å². The lowest BCUT2D eigenvalue weighted by Crippen LogP contribution is -2.45. The number of anilines is 1. The van der Waals surface area contributed by atoms with Crippen molar-refractivity contribution in [3.63, 3.8) is 0 Å². The summed E-state index contributed by atoms with van der Waals surface area (Å²) in [6.07, 6.45) is 50.9. The van der Waals surface area contributed by atoms with E-state index in [-0.39, 0.29) is 24.0 Å². The van der Waals surface area contributed by atoms with Crippen molar-refractivity contribution in [1.29, 1.82) is 0 Å². The lowest BCUT2D eigenvalue weighted by atomic mass is 9.81. The number of nitrogens with zero attached hydrogens (tertiary/aromatic N) is 5. The van der Waals surface area contributed by atoms with Crippen LogP contribution >= 0.6 is 11.3 Å². The zero-order chi connectivity index (χ0) is 41.9. The van der Waals surface area contributed by atoms with E-state index in [0.29, 0.717) is 0 Å². The van der Waals surface area contributed by atoms with Gasteiger partial charge in [-0.2, -0.15) is 0 Å². The second-order valence-electron chi connectivity index (χ2n) is 17.8. The molecule has 310 valence electrons. The fourth-order valence-electron chi connectivity index (χ4n) is 10.9. The molecule has 4 aromatic rings. The fraction of sp³-hybridized carbons (Fsp3) is 0.246. The number of thiophene rings is 1. The van der Waals surface area contributed by atoms with Gasteiger partial charge in [0.25, 0.3) is 0 Å². The molecule has 0 saturated carbocycles. The number of hydrogen-bond acceptors (Lipinski definition) is 6. The number of benzene rings is 2. The Bertz CT molecular complexity index is 2980. The molecule has 1 saturated heterocycles. The third kappa shape index (κ3) is 6.69. The zero-order valence-electron chi connectivity index (χ0n) is 35.8. The zero-order valence-corrected chi connectivity index (χ0v) is 36.6. The standard InChI is InChI=1S/C57H51N5S/c1-61-55(40-24-12-5-13-25-40)59-54(39-22-10-4-11-23-39)60-57(61)47-35-42(46-34-41(37-18-6-2-7-19-37)30-31-43(46)38-20-8-3-9-21-38)36-58-56(47)62-48-28-16-14-26-44(48)52-49(62)32-33-51-53(52)45-27-15-17-29-50(45)63-51/h5-6,8,10,12-13,15,17-24,26-36,40,49,52,55H,2-4,7,9,11,14,16,25H2,1H3. The molecule has 4 atom stereocenters. The van der Waals surface area contributed by atoms with Gasteiger partial charge in [0, 0.05) is 51.5 Å². The molecule has 2 aromatic carbocycles. The Labute approximate surface area is 375 Å². The highest BCUT2D eigenvalue weighted by Gasteiger charge is 2.47. The number of rotatable bonds is 7. The molecule has 5 nitrogen and oxygen atoms in total. The lowest BCUT2D eigenvalue weighted by Gasteiger charge is -2.38. The third-order valence-corrected chi connectivity index (χ3v) is 15.1. The van der Waals surface area contributed by atoms with Crippen molar-refractivity contribution in [3.05, 3.63) is 196 Å². The Morgan fingerprint density at radius 3 is 2.22 bits per heavy atom. The Morgan fingerprint density at radius 2 is 1.43 bits per heavy atom. The van der Waals surface area contributed by atoms with Crippen LogP contribution in [0.25, 0.3) is 38.4 Å². The summed E-state index contributed by atoms with van der Waals surface area (Å²) in [5.74, 6) is 3.08. The number of amidine groups is 2. The Morgan fingerprint density at radius 1 is 0.667 bits per heavy atom. The molecule has 1 fully saturated rings. The van der Waals surface area contributed by atoms with E-state index in [1.54, 1.807) is 0 Å². The average Bonchev–Trinajstić information content (AvgIpc) is 3.90. The largest absolute Gasteiger partial charge is 0.336 e. The highest BCUT2D eigenvalue weighted by molar-refractivity contribution is 7.20. The third-order valence-electron chi connectivity index (χ3n) is 14.0. The van der Waals surface area contributed by atoms with Crippen LogP contribution in [0, 0.1) is 5.92 Å². The summed E-state index contributed by atoms with van der Waals surface area (Å²) in [6, 6.07) is 18.5. The van der Waals surface area contributed by atoms with Gasteiger partial charge in [0.1, 0.15) is 17.8 Å². The van der Waals surface area contributed by atoms with Crippen molar-refractivity contribution in [2.45, 2.75) is 75.9 Å². The Balaban J connectivity index is 1.08. The van der Waals surface area contributed by atoms with Crippen molar-refractivity contribution in [2.24, 2.45) is 15.9 Å². The van der Waals surface area contributed by atoms with Gasteiger partial charge in [-0.25, -0.2) is 15.0 Å². The first-order chi connectivity index (χ1) is 31.2. The predicted molar refractivity (Wildman–Crippen MR) is 266 cm³/mol. The molecule has 0 spiro atoms. The molecule has 8 aliphatic rings. The summed E-state index contributed by atoms with van der Waals surface area (Å²) in [4.78, 5) is 23.1. The van der Waals surface area contributed by atoms with Crippen LogP contribution < -0.4 is 4.90 Å². The van der Waals surface area contributed by atoms with Crippen molar-refractivity contribution < 1.29 is 0 Å². The van der Waals surface area contributed by atoms with Crippen LogP contribution in [-0.2, 0) is 0 Å². The maximum absolute atomic E-state index is 5.70. The highest BCUT2D eigenvalue weighted by atomic mass is 32.1. The van der Waals surface area contributed by atoms with E-state index in [1.165, 1.54) is 59.6 Å². The molecular formula is C57H51N5S. The number of aliphatic imine (C=N–C) groups is 2. The maximum atomic E-state index is 5.70. The molecular weight excluding hydrogens is 787 g/mol. The summed E-state index contributed by atoms with van der Waals surface area (Å²) >= 11 is 1.92. The molecule has 6 aliphatic carbocycles. The minimum Gasteiger partial charge on any atom is -0.336 e. The Kier molecular flexibility index (Phi) is 9.78. The van der Waals surface area contributed by atoms with Crippen LogP contribution in [0.2, 0.25) is 0 Å². The molecule has 2 aromatic heterocycles. The number of fused-ring (bicyclic) bond motifs is 7. The van der Waals surface area contributed by atoms with Gasteiger partial charge in [0.15, 0.2) is 5.84 Å². The number of pyridine rings is 1. The summed E-state index contributed by atoms with van der Waals surface area (Å²) < 4.78 is 1.35. The minimum atomic E-state index is -0.132. The van der Waals surface area contributed by atoms with Gasteiger partial charge >= 0.3 is 0 Å². The van der Waals surface area contributed by atoms with Crippen molar-refractivity contribution in [1.82, 2.24) is 9.88 Å². The normalized spacial score (nSPS) is 24.6. The highest BCUT2D eigenvalue weighted by Crippen LogP contribution is 2.55. The quantitative estimate of drug-likeness (QED) is 0.186. The van der Waals surface area contributed by atoms with E-state index in [2.05, 4.69) is 175 Å². The van der Waals surface area contributed by atoms with Crippen LogP contribution in [0.5, 0.6) is 0 Å². The van der Waals surface area contributed by atoms with Crippen LogP contribution in [0.15, 0.2) is 179 Å². The van der Waals surface area contributed by atoms with Gasteiger partial charge in [-0.05, 0) is 126 Å². The molecule has 12 rings (SSSR count). The van der Waals surface area contributed by atoms with E-state index in [4.69, 9.17) is 15.0 Å². The smallest absolute Gasteiger partial charge is 0.158 e. The lowest BCUT2D eigenvalue weighted by molar-refractivity contribution is 0.300. The summed E-state index contributed by atoms with van der Waals surface area (Å²) in [7, 11) is 2.20. The SMILES string of the molecule is CN1C(c2cc(-c3cc(C4=CCCC=C4)ccc3C3=CCCC=C3)cnc2N2C3=CCCC=C3C3c4c(sc5ccccc45)C=CC32)=NC(C2=CCCC=C2)=NC1C1C=CC=CC1. The van der Waals surface area contributed by atoms with Crippen molar-refractivity contribution in [2.75, 3.05) is 11.9 Å². The maximum Gasteiger partial charge on any atom is 0.158 e. The number of aromatic nitrogens is 1. The predicted octanol–water partition coefficient (Wildman–Crippen LogP) is 13.9. The van der Waals surface area contributed by atoms with Crippen LogP contribution in [0.3, 0.4) is 0 Å². The van der Waals surface area contributed by atoms with Crippen LogP contribution in [-0.4, -0.2) is 40.8 Å². The van der Waals surface area contributed by atoms with Gasteiger partial charge < -0.3 is 9.80 Å². The van der Waals surface area contributed by atoms with Crippen LogP contribution in [0.1, 0.15) is 90.8 Å². The first-order valence-corrected chi connectivity index (χ1v) is 23.9. The van der Waals surface area contributed by atoms with Crippen LogP contribution in [0.4, 0.5) is 5.82 Å². The molecule has 0 N–H and O–H groups in total. The second-order valence-corrected chi connectivity index (χ2v) is 18.9. The molecule has 0 bridgehead atoms. The molecule has 4 heterocycles. The van der Waals surface area contributed by atoms with Gasteiger partial charge in [-0.3, -0.25) is 0 Å². The summed E-state index contributed by atoms with van der Waals surface area (Å²) in [5, 5.41) is 1.37. The topological polar surface area (TPSA) is 44.1 Å². The summed E-state index contributed by atoms with van der Waals surface area (Å²) in [6.45, 7) is 0. The first kappa shape index (κ1) is 38.3. The van der Waals surface area contributed by atoms with Gasteiger partial charge in [0.05, 0.1) is 11.6 Å². The summed E-state index contributed by atoms with van der Waals surface area (Å²) in [5.41, 5.74) is 13.6.